The van der Waals surface area contributed by atoms with Crippen molar-refractivity contribution in [3.8, 4) is 0 Å². The van der Waals surface area contributed by atoms with Gasteiger partial charge in [0.05, 0.1) is 6.04 Å². The largest absolute Gasteiger partial charge is 0.471 e. The minimum atomic E-state index is -0.593. The Hall–Kier alpha value is -1.10. The van der Waals surface area contributed by atoms with E-state index in [9.17, 15) is 8.78 Å². The highest BCUT2D eigenvalue weighted by Gasteiger charge is 2.16. The number of thioether (sulfide) groups is 1. The maximum Gasteiger partial charge on any atom is 0.251 e. The Morgan fingerprint density at radius 2 is 2.00 bits per heavy atom. The molecule has 0 amide bonds. The minimum absolute atomic E-state index is 0.117. The summed E-state index contributed by atoms with van der Waals surface area (Å²) in [5.41, 5.74) is 0. The first-order valence-electron chi connectivity index (χ1n) is 4.48. The fourth-order valence-corrected chi connectivity index (χ4v) is 2.09. The molecule has 1 aliphatic heterocycles. The van der Waals surface area contributed by atoms with E-state index in [-0.39, 0.29) is 6.04 Å². The van der Waals surface area contributed by atoms with Gasteiger partial charge in [0.1, 0.15) is 18.2 Å². The monoisotopic (exact) mass is 229 g/mol. The molecule has 2 nitrogen and oxygen atoms in total. The first kappa shape index (κ1) is 10.4. The number of rotatable bonds is 1. The zero-order valence-corrected chi connectivity index (χ0v) is 8.85. The lowest BCUT2D eigenvalue weighted by atomic mass is 10.3. The molecule has 2 rings (SSSR count). The molecule has 80 valence electrons. The van der Waals surface area contributed by atoms with Crippen LogP contribution in [-0.4, -0.2) is 17.9 Å². The van der Waals surface area contributed by atoms with Crippen LogP contribution in [0.1, 0.15) is 6.92 Å². The van der Waals surface area contributed by atoms with Crippen molar-refractivity contribution < 1.29 is 13.5 Å². The highest BCUT2D eigenvalue weighted by molar-refractivity contribution is 8.13. The van der Waals surface area contributed by atoms with Crippen LogP contribution in [0.3, 0.4) is 0 Å². The molecule has 1 atom stereocenters. The van der Waals surface area contributed by atoms with Crippen molar-refractivity contribution in [3.05, 3.63) is 29.8 Å². The third-order valence-corrected chi connectivity index (χ3v) is 2.68. The Balaban J connectivity index is 2.14. The molecule has 0 aliphatic carbocycles. The maximum absolute atomic E-state index is 12.8. The maximum atomic E-state index is 12.8. The summed E-state index contributed by atoms with van der Waals surface area (Å²) >= 11 is 1.13. The van der Waals surface area contributed by atoms with Crippen molar-refractivity contribution >= 4 is 17.0 Å². The fraction of sp³-hybridized carbons (Fsp3) is 0.300. The van der Waals surface area contributed by atoms with Crippen LogP contribution < -0.4 is 0 Å². The Morgan fingerprint density at radius 1 is 1.33 bits per heavy atom. The van der Waals surface area contributed by atoms with Gasteiger partial charge in [-0.3, -0.25) is 0 Å². The summed E-state index contributed by atoms with van der Waals surface area (Å²) in [6.07, 6.45) is 0. The number of ether oxygens (including phenoxy) is 1. The van der Waals surface area contributed by atoms with E-state index in [1.807, 2.05) is 6.92 Å². The lowest BCUT2D eigenvalue weighted by Crippen LogP contribution is -1.98. The third-order valence-electron chi connectivity index (χ3n) is 1.82. The summed E-state index contributed by atoms with van der Waals surface area (Å²) in [5, 5.41) is 0.465. The summed E-state index contributed by atoms with van der Waals surface area (Å²) in [6, 6.07) is 3.46. The van der Waals surface area contributed by atoms with Gasteiger partial charge in [0, 0.05) is 11.0 Å². The smallest absolute Gasteiger partial charge is 0.251 e. The van der Waals surface area contributed by atoms with Gasteiger partial charge in [-0.2, -0.15) is 0 Å². The molecule has 0 fully saturated rings. The van der Waals surface area contributed by atoms with Gasteiger partial charge in [-0.15, -0.1) is 0 Å². The highest BCUT2D eigenvalue weighted by Crippen LogP contribution is 2.25. The molecule has 0 aromatic heterocycles. The second-order valence-electron chi connectivity index (χ2n) is 3.26. The zero-order valence-electron chi connectivity index (χ0n) is 8.04. The van der Waals surface area contributed by atoms with Crippen molar-refractivity contribution in [3.63, 3.8) is 0 Å². The number of benzene rings is 1. The predicted octanol–water partition coefficient (Wildman–Crippen LogP) is 2.83. The third kappa shape index (κ3) is 2.68. The standard InChI is InChI=1S/C10H9F2NOS/c1-6-5-14-10(13-6)15-9-3-7(11)2-8(12)4-9/h2-4,6H,5H2,1H3. The van der Waals surface area contributed by atoms with Crippen LogP contribution in [0.25, 0.3) is 0 Å². The molecule has 1 heterocycles. The van der Waals surface area contributed by atoms with Crippen LogP contribution in [-0.2, 0) is 4.74 Å². The fourth-order valence-electron chi connectivity index (χ4n) is 1.19. The number of nitrogens with zero attached hydrogens (tertiary/aromatic N) is 1. The molecular weight excluding hydrogens is 220 g/mol. The predicted molar refractivity (Wildman–Crippen MR) is 55.1 cm³/mol. The Morgan fingerprint density at radius 3 is 2.53 bits per heavy atom. The second-order valence-corrected chi connectivity index (χ2v) is 4.29. The molecule has 1 unspecified atom stereocenters. The van der Waals surface area contributed by atoms with Crippen LogP contribution in [0.4, 0.5) is 8.78 Å². The average molecular weight is 229 g/mol. The number of hydrogen-bond donors (Lipinski definition) is 0. The van der Waals surface area contributed by atoms with Gasteiger partial charge in [-0.05, 0) is 30.8 Å². The van der Waals surface area contributed by atoms with Crippen LogP contribution >= 0.6 is 11.8 Å². The summed E-state index contributed by atoms with van der Waals surface area (Å²) in [4.78, 5) is 4.61. The van der Waals surface area contributed by atoms with E-state index < -0.39 is 11.6 Å². The van der Waals surface area contributed by atoms with Crippen molar-refractivity contribution in [1.82, 2.24) is 0 Å². The average Bonchev–Trinajstić information content (AvgIpc) is 2.49. The first-order chi connectivity index (χ1) is 7.13. The van der Waals surface area contributed by atoms with E-state index in [0.717, 1.165) is 17.8 Å². The van der Waals surface area contributed by atoms with Gasteiger partial charge in [0.25, 0.3) is 5.23 Å². The van der Waals surface area contributed by atoms with Crippen LogP contribution in [0, 0.1) is 11.6 Å². The lowest BCUT2D eigenvalue weighted by Gasteiger charge is -2.01. The van der Waals surface area contributed by atoms with E-state index in [4.69, 9.17) is 4.74 Å². The Bertz CT molecular complexity index is 388. The van der Waals surface area contributed by atoms with Gasteiger partial charge < -0.3 is 4.74 Å². The molecular formula is C10H9F2NOS. The van der Waals surface area contributed by atoms with E-state index >= 15 is 0 Å². The summed E-state index contributed by atoms with van der Waals surface area (Å²) in [6.45, 7) is 2.44. The number of halogens is 2. The second kappa shape index (κ2) is 4.18. The molecule has 0 bridgehead atoms. The topological polar surface area (TPSA) is 21.6 Å². The van der Waals surface area contributed by atoms with Gasteiger partial charge in [-0.1, -0.05) is 0 Å². The van der Waals surface area contributed by atoms with Gasteiger partial charge in [-0.25, -0.2) is 13.8 Å². The molecule has 0 N–H and O–H groups in total. The summed E-state index contributed by atoms with van der Waals surface area (Å²) in [5.74, 6) is -1.19. The zero-order chi connectivity index (χ0) is 10.8. The minimum Gasteiger partial charge on any atom is -0.471 e. The van der Waals surface area contributed by atoms with Gasteiger partial charge >= 0.3 is 0 Å². The number of aliphatic imine (C=N–C) groups is 1. The lowest BCUT2D eigenvalue weighted by molar-refractivity contribution is 0.331. The molecule has 15 heavy (non-hydrogen) atoms. The van der Waals surface area contributed by atoms with Crippen LogP contribution in [0.5, 0.6) is 0 Å². The highest BCUT2D eigenvalue weighted by atomic mass is 32.2. The van der Waals surface area contributed by atoms with Crippen molar-refractivity contribution in [2.75, 3.05) is 6.61 Å². The summed E-state index contributed by atoms with van der Waals surface area (Å²) in [7, 11) is 0. The first-order valence-corrected chi connectivity index (χ1v) is 5.29. The van der Waals surface area contributed by atoms with Gasteiger partial charge in [0.2, 0.25) is 0 Å². The van der Waals surface area contributed by atoms with Crippen molar-refractivity contribution in [2.24, 2.45) is 4.99 Å². The Kier molecular flexibility index (Phi) is 2.90. The molecule has 1 aliphatic rings. The van der Waals surface area contributed by atoms with Crippen LogP contribution in [0.2, 0.25) is 0 Å². The van der Waals surface area contributed by atoms with E-state index in [0.29, 0.717) is 16.7 Å². The molecule has 0 saturated carbocycles. The molecule has 5 heteroatoms. The molecule has 1 aromatic carbocycles. The molecule has 0 radical (unpaired) electrons. The normalized spacial score (nSPS) is 19.9. The van der Waals surface area contributed by atoms with Crippen molar-refractivity contribution in [2.45, 2.75) is 17.9 Å². The van der Waals surface area contributed by atoms with Gasteiger partial charge in [0.15, 0.2) is 0 Å². The van der Waals surface area contributed by atoms with E-state index in [1.165, 1.54) is 12.1 Å². The van der Waals surface area contributed by atoms with E-state index in [1.54, 1.807) is 0 Å². The molecule has 0 saturated heterocycles. The number of hydrogen-bond acceptors (Lipinski definition) is 3. The summed E-state index contributed by atoms with van der Waals surface area (Å²) < 4.78 is 30.9. The van der Waals surface area contributed by atoms with E-state index in [2.05, 4.69) is 4.99 Å². The Labute approximate surface area is 90.3 Å². The van der Waals surface area contributed by atoms with Crippen molar-refractivity contribution in [1.29, 1.82) is 0 Å². The van der Waals surface area contributed by atoms with Crippen LogP contribution in [0.15, 0.2) is 28.1 Å². The quantitative estimate of drug-likeness (QED) is 0.738. The SMILES string of the molecule is CC1COC(Sc2cc(F)cc(F)c2)=N1. The molecule has 1 aromatic rings. The molecule has 0 spiro atoms.